The molecule has 7 heteroatoms. The van der Waals surface area contributed by atoms with Crippen LogP contribution in [0.5, 0.6) is 0 Å². The molecule has 1 aromatic rings. The summed E-state index contributed by atoms with van der Waals surface area (Å²) in [5.74, 6) is 0.650. The van der Waals surface area contributed by atoms with Gasteiger partial charge in [-0.3, -0.25) is 0 Å². The Kier molecular flexibility index (Phi) is 2.41. The lowest BCUT2D eigenvalue weighted by Crippen LogP contribution is -2.55. The largest absolute Gasteiger partial charge is 0.417 e. The van der Waals surface area contributed by atoms with E-state index in [2.05, 4.69) is 10.3 Å². The monoisotopic (exact) mass is 258 g/mol. The third kappa shape index (κ3) is 1.61. The van der Waals surface area contributed by atoms with Gasteiger partial charge in [-0.15, -0.1) is 0 Å². The Bertz CT molecular complexity index is 474. The number of rotatable bonds is 0. The van der Waals surface area contributed by atoms with E-state index in [1.165, 1.54) is 6.07 Å². The molecule has 3 heterocycles. The van der Waals surface area contributed by atoms with Crippen molar-refractivity contribution in [3.63, 3.8) is 0 Å². The van der Waals surface area contributed by atoms with E-state index in [0.29, 0.717) is 11.5 Å². The van der Waals surface area contributed by atoms with Crippen LogP contribution in [-0.4, -0.2) is 37.8 Å². The molecule has 18 heavy (non-hydrogen) atoms. The Labute approximate surface area is 102 Å². The minimum Gasteiger partial charge on any atom is -0.350 e. The molecule has 0 aromatic carbocycles. The van der Waals surface area contributed by atoms with Crippen LogP contribution < -0.4 is 15.1 Å². The van der Waals surface area contributed by atoms with Gasteiger partial charge in [-0.25, -0.2) is 4.98 Å². The predicted octanol–water partition coefficient (Wildman–Crippen LogP) is 1.29. The summed E-state index contributed by atoms with van der Waals surface area (Å²) in [5, 5.41) is 3.23. The molecule has 3 rings (SSSR count). The van der Waals surface area contributed by atoms with E-state index in [1.54, 1.807) is 7.05 Å². The summed E-state index contributed by atoms with van der Waals surface area (Å²) in [5.41, 5.74) is -0.139. The zero-order chi connectivity index (χ0) is 12.9. The van der Waals surface area contributed by atoms with Crippen molar-refractivity contribution in [3.8, 4) is 0 Å². The van der Waals surface area contributed by atoms with Crippen LogP contribution in [-0.2, 0) is 6.18 Å². The highest BCUT2D eigenvalue weighted by molar-refractivity contribution is 5.74. The van der Waals surface area contributed by atoms with E-state index in [1.807, 2.05) is 9.80 Å². The van der Waals surface area contributed by atoms with Gasteiger partial charge in [-0.1, -0.05) is 0 Å². The van der Waals surface area contributed by atoms with Gasteiger partial charge in [0.2, 0.25) is 0 Å². The number of halogens is 3. The third-order valence-corrected chi connectivity index (χ3v) is 3.49. The maximum Gasteiger partial charge on any atom is 0.417 e. The molecule has 1 N–H and O–H groups in total. The number of piperazine rings is 1. The molecular formula is C11H13F3N4. The summed E-state index contributed by atoms with van der Waals surface area (Å²) in [7, 11) is 1.80. The average Bonchev–Trinajstić information content (AvgIpc) is 2.63. The molecule has 1 atom stereocenters. The second kappa shape index (κ2) is 3.74. The Morgan fingerprint density at radius 2 is 2.22 bits per heavy atom. The molecule has 1 unspecified atom stereocenters. The van der Waals surface area contributed by atoms with Gasteiger partial charge >= 0.3 is 6.18 Å². The minimum atomic E-state index is -4.34. The molecule has 0 radical (unpaired) electrons. The second-order valence-electron chi connectivity index (χ2n) is 4.55. The molecule has 0 bridgehead atoms. The van der Waals surface area contributed by atoms with Gasteiger partial charge in [0.15, 0.2) is 5.82 Å². The Balaban J connectivity index is 2.03. The minimum absolute atomic E-state index is 0.0599. The van der Waals surface area contributed by atoms with Crippen molar-refractivity contribution >= 4 is 11.5 Å². The van der Waals surface area contributed by atoms with Crippen molar-refractivity contribution in [3.05, 3.63) is 17.8 Å². The van der Waals surface area contributed by atoms with Gasteiger partial charge in [0.05, 0.1) is 11.3 Å². The topological polar surface area (TPSA) is 31.4 Å². The number of aromatic nitrogens is 1. The molecule has 4 nitrogen and oxygen atoms in total. The van der Waals surface area contributed by atoms with E-state index >= 15 is 0 Å². The average molecular weight is 258 g/mol. The van der Waals surface area contributed by atoms with Crippen LogP contribution in [0, 0.1) is 0 Å². The number of likely N-dealkylation sites (N-methyl/N-ethyl adjacent to an activating group) is 1. The quantitative estimate of drug-likeness (QED) is 0.759. The second-order valence-corrected chi connectivity index (χ2v) is 4.55. The molecule has 0 saturated carbocycles. The van der Waals surface area contributed by atoms with Gasteiger partial charge in [-0.2, -0.15) is 13.2 Å². The van der Waals surface area contributed by atoms with Crippen LogP contribution in [0.4, 0.5) is 24.7 Å². The lowest BCUT2D eigenvalue weighted by atomic mass is 10.2. The first-order valence-electron chi connectivity index (χ1n) is 5.76. The van der Waals surface area contributed by atoms with Crippen LogP contribution in [0.2, 0.25) is 0 Å². The van der Waals surface area contributed by atoms with Crippen LogP contribution in [0.25, 0.3) is 0 Å². The number of anilines is 2. The van der Waals surface area contributed by atoms with Crippen molar-refractivity contribution < 1.29 is 13.2 Å². The van der Waals surface area contributed by atoms with E-state index < -0.39 is 11.7 Å². The molecule has 0 amide bonds. The van der Waals surface area contributed by atoms with Crippen molar-refractivity contribution in [1.82, 2.24) is 10.3 Å². The van der Waals surface area contributed by atoms with Gasteiger partial charge < -0.3 is 15.1 Å². The van der Waals surface area contributed by atoms with Crippen molar-refractivity contribution in [2.24, 2.45) is 0 Å². The number of nitrogens with zero attached hydrogens (tertiary/aromatic N) is 3. The summed E-state index contributed by atoms with van der Waals surface area (Å²) >= 11 is 0. The van der Waals surface area contributed by atoms with Crippen molar-refractivity contribution in [2.45, 2.75) is 12.3 Å². The van der Waals surface area contributed by atoms with Crippen LogP contribution >= 0.6 is 0 Å². The first-order chi connectivity index (χ1) is 8.48. The molecule has 2 aliphatic rings. The normalized spacial score (nSPS) is 23.0. The summed E-state index contributed by atoms with van der Waals surface area (Å²) in [6.45, 7) is 2.32. The molecular weight excluding hydrogens is 245 g/mol. The predicted molar refractivity (Wildman–Crippen MR) is 61.6 cm³/mol. The molecule has 98 valence electrons. The third-order valence-electron chi connectivity index (χ3n) is 3.49. The first-order valence-corrected chi connectivity index (χ1v) is 5.76. The lowest BCUT2D eigenvalue weighted by Gasteiger charge is -2.34. The van der Waals surface area contributed by atoms with Gasteiger partial charge in [0.25, 0.3) is 0 Å². The van der Waals surface area contributed by atoms with Gasteiger partial charge in [0, 0.05) is 32.9 Å². The number of nitrogens with one attached hydrogen (secondary N) is 1. The highest BCUT2D eigenvalue weighted by Crippen LogP contribution is 2.40. The number of hydrogen-bond acceptors (Lipinski definition) is 4. The standard InChI is InChI=1S/C11H13F3N4/c1-17-8-4-7(11(12,13)14)5-16-10(8)18-3-2-15-6-9(17)18/h4-5,9,15H,2-3,6H2,1H3. The van der Waals surface area contributed by atoms with Crippen LogP contribution in [0.1, 0.15) is 5.56 Å². The maximum atomic E-state index is 12.7. The molecule has 1 fully saturated rings. The zero-order valence-electron chi connectivity index (χ0n) is 9.83. The fourth-order valence-corrected chi connectivity index (χ4v) is 2.53. The fraction of sp³-hybridized carbons (Fsp3) is 0.545. The number of alkyl halides is 3. The molecule has 2 aliphatic heterocycles. The molecule has 0 spiro atoms. The van der Waals surface area contributed by atoms with Crippen LogP contribution in [0.15, 0.2) is 12.3 Å². The molecule has 1 aromatic heterocycles. The summed E-state index contributed by atoms with van der Waals surface area (Å²) in [6.07, 6.45) is -3.37. The first kappa shape index (κ1) is 11.6. The van der Waals surface area contributed by atoms with E-state index in [0.717, 1.165) is 25.8 Å². The van der Waals surface area contributed by atoms with E-state index in [4.69, 9.17) is 0 Å². The lowest BCUT2D eigenvalue weighted by molar-refractivity contribution is -0.137. The van der Waals surface area contributed by atoms with E-state index in [9.17, 15) is 13.2 Å². The molecule has 0 aliphatic carbocycles. The maximum absolute atomic E-state index is 12.7. The van der Waals surface area contributed by atoms with Gasteiger partial charge in [-0.05, 0) is 6.07 Å². The smallest absolute Gasteiger partial charge is 0.350 e. The van der Waals surface area contributed by atoms with Gasteiger partial charge in [0.1, 0.15) is 6.17 Å². The van der Waals surface area contributed by atoms with Crippen molar-refractivity contribution in [1.29, 1.82) is 0 Å². The van der Waals surface area contributed by atoms with Crippen LogP contribution in [0.3, 0.4) is 0 Å². The Hall–Kier alpha value is -1.50. The number of hydrogen-bond donors (Lipinski definition) is 1. The Morgan fingerprint density at radius 1 is 1.44 bits per heavy atom. The Morgan fingerprint density at radius 3 is 2.94 bits per heavy atom. The number of fused-ring (bicyclic) bond motifs is 3. The highest BCUT2D eigenvalue weighted by atomic mass is 19.4. The fourth-order valence-electron chi connectivity index (χ4n) is 2.53. The van der Waals surface area contributed by atoms with Crippen molar-refractivity contribution in [2.75, 3.05) is 36.5 Å². The highest BCUT2D eigenvalue weighted by Gasteiger charge is 2.39. The SMILES string of the molecule is CN1c2cc(C(F)(F)F)cnc2N2CCNCC12. The number of pyridine rings is 1. The summed E-state index contributed by atoms with van der Waals surface area (Å²) < 4.78 is 38.0. The van der Waals surface area contributed by atoms with E-state index in [-0.39, 0.29) is 6.17 Å². The summed E-state index contributed by atoms with van der Waals surface area (Å²) in [4.78, 5) is 7.90. The zero-order valence-corrected chi connectivity index (χ0v) is 9.83. The summed E-state index contributed by atoms with van der Waals surface area (Å²) in [6, 6.07) is 1.18. The molecule has 1 saturated heterocycles.